The van der Waals surface area contributed by atoms with E-state index in [0.717, 1.165) is 10.6 Å². The molecule has 1 atom stereocenters. The second-order valence-electron chi connectivity index (χ2n) is 3.78. The van der Waals surface area contributed by atoms with Gasteiger partial charge in [0, 0.05) is 16.3 Å². The first kappa shape index (κ1) is 13.0. The van der Waals surface area contributed by atoms with Crippen LogP contribution in [0.25, 0.3) is 0 Å². The van der Waals surface area contributed by atoms with Gasteiger partial charge in [-0.3, -0.25) is 0 Å². The molecule has 0 bridgehead atoms. The van der Waals surface area contributed by atoms with Crippen LogP contribution < -0.4 is 11.5 Å². The van der Waals surface area contributed by atoms with Crippen LogP contribution in [0.15, 0.2) is 35.5 Å². The van der Waals surface area contributed by atoms with Crippen LogP contribution in [0, 0.1) is 0 Å². The van der Waals surface area contributed by atoms with Crippen LogP contribution in [0.1, 0.15) is 17.7 Å². The van der Waals surface area contributed by atoms with Crippen molar-refractivity contribution in [1.29, 1.82) is 0 Å². The van der Waals surface area contributed by atoms with E-state index in [4.69, 9.17) is 23.1 Å². The number of aromatic nitrogens is 2. The summed E-state index contributed by atoms with van der Waals surface area (Å²) in [6.07, 6.45) is 0. The molecular formula is C12H13ClN4S. The first-order chi connectivity index (χ1) is 8.56. The fourth-order valence-electron chi connectivity index (χ4n) is 1.54. The van der Waals surface area contributed by atoms with Crippen molar-refractivity contribution in [3.63, 3.8) is 0 Å². The molecule has 0 aliphatic heterocycles. The first-order valence-electron chi connectivity index (χ1n) is 5.37. The number of nitrogens with two attached hydrogens (primary N) is 2. The van der Waals surface area contributed by atoms with Crippen molar-refractivity contribution >= 4 is 35.0 Å². The lowest BCUT2D eigenvalue weighted by atomic mass is 10.2. The number of rotatable bonds is 3. The lowest BCUT2D eigenvalue weighted by Gasteiger charge is -2.12. The third-order valence-corrected chi connectivity index (χ3v) is 3.72. The third kappa shape index (κ3) is 3.05. The summed E-state index contributed by atoms with van der Waals surface area (Å²) in [6.45, 7) is 2.04. The SMILES string of the molecule is C[C@H](Sc1nc(N)cc(N)n1)c1ccccc1Cl. The first-order valence-corrected chi connectivity index (χ1v) is 6.63. The van der Waals surface area contributed by atoms with E-state index in [0.29, 0.717) is 16.8 Å². The Morgan fingerprint density at radius 2 is 1.78 bits per heavy atom. The number of hydrogen-bond donors (Lipinski definition) is 2. The molecule has 4 N–H and O–H groups in total. The molecule has 1 aromatic carbocycles. The van der Waals surface area contributed by atoms with E-state index in [2.05, 4.69) is 9.97 Å². The summed E-state index contributed by atoms with van der Waals surface area (Å²) < 4.78 is 0. The predicted molar refractivity (Wildman–Crippen MR) is 76.6 cm³/mol. The van der Waals surface area contributed by atoms with E-state index in [1.807, 2.05) is 31.2 Å². The van der Waals surface area contributed by atoms with Crippen LogP contribution in [0.4, 0.5) is 11.6 Å². The van der Waals surface area contributed by atoms with Crippen molar-refractivity contribution in [2.45, 2.75) is 17.3 Å². The molecule has 94 valence electrons. The second kappa shape index (κ2) is 5.46. The van der Waals surface area contributed by atoms with Crippen LogP contribution in [0.3, 0.4) is 0 Å². The number of anilines is 2. The Hall–Kier alpha value is -1.46. The van der Waals surface area contributed by atoms with Crippen molar-refractivity contribution in [2.24, 2.45) is 0 Å². The zero-order valence-electron chi connectivity index (χ0n) is 9.80. The zero-order chi connectivity index (χ0) is 13.1. The maximum atomic E-state index is 6.14. The van der Waals surface area contributed by atoms with Crippen molar-refractivity contribution in [2.75, 3.05) is 11.5 Å². The van der Waals surface area contributed by atoms with Gasteiger partial charge >= 0.3 is 0 Å². The molecule has 2 aromatic rings. The van der Waals surface area contributed by atoms with Gasteiger partial charge in [-0.25, -0.2) is 9.97 Å². The lowest BCUT2D eigenvalue weighted by molar-refractivity contribution is 0.967. The topological polar surface area (TPSA) is 77.8 Å². The molecule has 0 amide bonds. The van der Waals surface area contributed by atoms with Crippen LogP contribution in [0.2, 0.25) is 5.02 Å². The average Bonchev–Trinajstić information content (AvgIpc) is 2.27. The predicted octanol–water partition coefficient (Wildman–Crippen LogP) is 3.15. The molecule has 0 radical (unpaired) electrons. The van der Waals surface area contributed by atoms with Gasteiger partial charge in [-0.1, -0.05) is 41.6 Å². The largest absolute Gasteiger partial charge is 0.383 e. The van der Waals surface area contributed by atoms with E-state index < -0.39 is 0 Å². The Labute approximate surface area is 115 Å². The molecule has 0 spiro atoms. The number of nitrogens with zero attached hydrogens (tertiary/aromatic N) is 2. The summed E-state index contributed by atoms with van der Waals surface area (Å²) in [6, 6.07) is 9.23. The number of nitrogen functional groups attached to an aromatic ring is 2. The highest BCUT2D eigenvalue weighted by Gasteiger charge is 2.13. The Balaban J connectivity index is 2.21. The zero-order valence-corrected chi connectivity index (χ0v) is 11.4. The van der Waals surface area contributed by atoms with Crippen molar-refractivity contribution in [3.05, 3.63) is 40.9 Å². The fraction of sp³-hybridized carbons (Fsp3) is 0.167. The summed E-state index contributed by atoms with van der Waals surface area (Å²) >= 11 is 7.62. The Morgan fingerprint density at radius 3 is 2.39 bits per heavy atom. The molecule has 0 fully saturated rings. The molecule has 0 unspecified atom stereocenters. The minimum atomic E-state index is 0.125. The van der Waals surface area contributed by atoms with Crippen LogP contribution in [-0.2, 0) is 0 Å². The molecule has 6 heteroatoms. The normalized spacial score (nSPS) is 12.3. The van der Waals surface area contributed by atoms with Crippen LogP contribution >= 0.6 is 23.4 Å². The number of thioether (sulfide) groups is 1. The molecule has 2 rings (SSSR count). The van der Waals surface area contributed by atoms with Gasteiger partial charge in [0.2, 0.25) is 0 Å². The number of halogens is 1. The fourth-order valence-corrected chi connectivity index (χ4v) is 2.87. The van der Waals surface area contributed by atoms with Gasteiger partial charge in [-0.15, -0.1) is 0 Å². The molecule has 0 aliphatic rings. The van der Waals surface area contributed by atoms with Gasteiger partial charge < -0.3 is 11.5 Å². The van der Waals surface area contributed by atoms with Crippen molar-refractivity contribution in [1.82, 2.24) is 9.97 Å². The maximum Gasteiger partial charge on any atom is 0.192 e. The van der Waals surface area contributed by atoms with Crippen molar-refractivity contribution in [3.8, 4) is 0 Å². The van der Waals surface area contributed by atoms with E-state index in [9.17, 15) is 0 Å². The highest BCUT2D eigenvalue weighted by molar-refractivity contribution is 7.99. The summed E-state index contributed by atoms with van der Waals surface area (Å²) in [5.41, 5.74) is 12.3. The molecule has 1 heterocycles. The van der Waals surface area contributed by atoms with Gasteiger partial charge in [-0.05, 0) is 18.6 Å². The van der Waals surface area contributed by atoms with Crippen LogP contribution in [0.5, 0.6) is 0 Å². The van der Waals surface area contributed by atoms with Gasteiger partial charge in [0.25, 0.3) is 0 Å². The molecule has 1 aromatic heterocycles. The molecule has 0 saturated heterocycles. The summed E-state index contributed by atoms with van der Waals surface area (Å²) in [5.74, 6) is 0.743. The third-order valence-electron chi connectivity index (χ3n) is 2.37. The van der Waals surface area contributed by atoms with Gasteiger partial charge in [0.15, 0.2) is 5.16 Å². The summed E-state index contributed by atoms with van der Waals surface area (Å²) in [7, 11) is 0. The maximum absolute atomic E-state index is 6.14. The van der Waals surface area contributed by atoms with Crippen molar-refractivity contribution < 1.29 is 0 Å². The highest BCUT2D eigenvalue weighted by atomic mass is 35.5. The van der Waals surface area contributed by atoms with E-state index in [1.54, 1.807) is 0 Å². The molecule has 18 heavy (non-hydrogen) atoms. The highest BCUT2D eigenvalue weighted by Crippen LogP contribution is 2.36. The minimum Gasteiger partial charge on any atom is -0.383 e. The smallest absolute Gasteiger partial charge is 0.192 e. The minimum absolute atomic E-state index is 0.125. The van der Waals surface area contributed by atoms with E-state index in [-0.39, 0.29) is 5.25 Å². The molecule has 0 aliphatic carbocycles. The Morgan fingerprint density at radius 1 is 1.17 bits per heavy atom. The Bertz CT molecular complexity index is 541. The van der Waals surface area contributed by atoms with E-state index in [1.165, 1.54) is 17.8 Å². The van der Waals surface area contributed by atoms with Gasteiger partial charge in [-0.2, -0.15) is 0 Å². The second-order valence-corrected chi connectivity index (χ2v) is 5.50. The van der Waals surface area contributed by atoms with E-state index >= 15 is 0 Å². The number of benzene rings is 1. The van der Waals surface area contributed by atoms with Gasteiger partial charge in [0.05, 0.1) is 0 Å². The average molecular weight is 281 g/mol. The lowest BCUT2D eigenvalue weighted by Crippen LogP contribution is -2.00. The van der Waals surface area contributed by atoms with Gasteiger partial charge in [0.1, 0.15) is 11.6 Å². The quantitative estimate of drug-likeness (QED) is 0.667. The number of hydrogen-bond acceptors (Lipinski definition) is 5. The summed E-state index contributed by atoms with van der Waals surface area (Å²) in [4.78, 5) is 8.27. The van der Waals surface area contributed by atoms with Crippen LogP contribution in [-0.4, -0.2) is 9.97 Å². The monoisotopic (exact) mass is 280 g/mol. The molecule has 0 saturated carbocycles. The summed E-state index contributed by atoms with van der Waals surface area (Å²) in [5, 5.41) is 1.41. The molecule has 4 nitrogen and oxygen atoms in total. The molecular weight excluding hydrogens is 268 g/mol. The standard InChI is InChI=1S/C12H13ClN4S/c1-7(8-4-2-3-5-9(8)13)18-12-16-10(14)6-11(15)17-12/h2-7H,1H3,(H4,14,15,16,17)/t7-/m0/s1. The Kier molecular flexibility index (Phi) is 3.93.